The average Bonchev–Trinajstić information content (AvgIpc) is 2.43. The van der Waals surface area contributed by atoms with Gasteiger partial charge in [-0.2, -0.15) is 4.98 Å². The van der Waals surface area contributed by atoms with E-state index in [9.17, 15) is 0 Å². The molecule has 2 aromatic heterocycles. The Balaban J connectivity index is 2.29. The normalized spacial score (nSPS) is 10.5. The van der Waals surface area contributed by atoms with Gasteiger partial charge in [-0.25, -0.2) is 4.98 Å². The van der Waals surface area contributed by atoms with Gasteiger partial charge in [0.15, 0.2) is 0 Å². The van der Waals surface area contributed by atoms with Crippen molar-refractivity contribution in [2.75, 3.05) is 11.1 Å². The molecule has 0 saturated carbocycles. The summed E-state index contributed by atoms with van der Waals surface area (Å²) in [7, 11) is 0. The highest BCUT2D eigenvalue weighted by Gasteiger charge is 2.12. The number of hydrogen-bond acceptors (Lipinski definition) is 6. The standard InChI is InChI=1S/C13H14BrClN6/c1-6-4-18-9(7(2)10(6)14)5-19-12-8(3-16)11(15)20-13(17)21-12/h3-4,16H,5H2,1-2H3,(H3,17,19,20,21). The quantitative estimate of drug-likeness (QED) is 0.568. The number of nitrogens with two attached hydrogens (primary N) is 1. The summed E-state index contributed by atoms with van der Waals surface area (Å²) in [6.07, 6.45) is 2.89. The molecule has 8 heteroatoms. The predicted octanol–water partition coefficient (Wildman–Crippen LogP) is 3.10. The number of nitrogens with one attached hydrogen (secondary N) is 2. The molecule has 0 saturated heterocycles. The molecule has 0 spiro atoms. The number of nitrogen functional groups attached to an aromatic ring is 1. The fraction of sp³-hybridized carbons (Fsp3) is 0.231. The Hall–Kier alpha value is -1.73. The lowest BCUT2D eigenvalue weighted by Crippen LogP contribution is -2.10. The number of nitrogens with zero attached hydrogens (tertiary/aromatic N) is 3. The Morgan fingerprint density at radius 3 is 2.81 bits per heavy atom. The van der Waals surface area contributed by atoms with Crippen LogP contribution in [0.3, 0.4) is 0 Å². The molecule has 2 rings (SSSR count). The van der Waals surface area contributed by atoms with Gasteiger partial charge in [0, 0.05) is 16.9 Å². The first-order chi connectivity index (χ1) is 9.93. The predicted molar refractivity (Wildman–Crippen MR) is 88.1 cm³/mol. The second-order valence-corrected chi connectivity index (χ2v) is 5.61. The van der Waals surface area contributed by atoms with Gasteiger partial charge < -0.3 is 16.5 Å². The van der Waals surface area contributed by atoms with Gasteiger partial charge in [-0.15, -0.1) is 0 Å². The third kappa shape index (κ3) is 3.30. The van der Waals surface area contributed by atoms with Crippen molar-refractivity contribution in [3.05, 3.63) is 38.2 Å². The summed E-state index contributed by atoms with van der Waals surface area (Å²) in [5, 5.41) is 10.6. The first kappa shape index (κ1) is 15.7. The topological polar surface area (TPSA) is 101 Å². The van der Waals surface area contributed by atoms with Crippen LogP contribution in [-0.4, -0.2) is 21.2 Å². The Kier molecular flexibility index (Phi) is 4.74. The molecule has 0 bridgehead atoms. The first-order valence-corrected chi connectivity index (χ1v) is 7.29. The number of rotatable bonds is 4. The van der Waals surface area contributed by atoms with Crippen LogP contribution in [0.15, 0.2) is 10.7 Å². The molecular weight excluding hydrogens is 356 g/mol. The number of halogens is 2. The summed E-state index contributed by atoms with van der Waals surface area (Å²) in [5.41, 5.74) is 8.97. The largest absolute Gasteiger partial charge is 0.368 e. The zero-order valence-electron chi connectivity index (χ0n) is 11.5. The molecule has 6 nitrogen and oxygen atoms in total. The molecular formula is C13H14BrClN6. The van der Waals surface area contributed by atoms with Gasteiger partial charge in [0.25, 0.3) is 0 Å². The molecule has 0 atom stereocenters. The molecule has 0 aliphatic rings. The Morgan fingerprint density at radius 2 is 2.14 bits per heavy atom. The molecule has 4 N–H and O–H groups in total. The van der Waals surface area contributed by atoms with Crippen molar-refractivity contribution in [1.82, 2.24) is 15.0 Å². The van der Waals surface area contributed by atoms with E-state index in [0.717, 1.165) is 27.5 Å². The fourth-order valence-electron chi connectivity index (χ4n) is 1.82. The van der Waals surface area contributed by atoms with E-state index in [1.807, 2.05) is 13.8 Å². The summed E-state index contributed by atoms with van der Waals surface area (Å²) in [6.45, 7) is 4.41. The Bertz CT molecular complexity index is 704. The number of pyridine rings is 1. The SMILES string of the molecule is Cc1cnc(CNc2nc(N)nc(Cl)c2C=N)c(C)c1Br. The van der Waals surface area contributed by atoms with Gasteiger partial charge in [0.05, 0.1) is 17.8 Å². The summed E-state index contributed by atoms with van der Waals surface area (Å²) >= 11 is 9.49. The van der Waals surface area contributed by atoms with E-state index < -0.39 is 0 Å². The van der Waals surface area contributed by atoms with Crippen molar-refractivity contribution in [1.29, 1.82) is 5.41 Å². The minimum atomic E-state index is 0.0582. The molecule has 0 unspecified atom stereocenters. The summed E-state index contributed by atoms with van der Waals surface area (Å²) in [5.74, 6) is 0.475. The van der Waals surface area contributed by atoms with Gasteiger partial charge in [0.2, 0.25) is 5.95 Å². The zero-order valence-corrected chi connectivity index (χ0v) is 13.9. The Morgan fingerprint density at radius 1 is 1.43 bits per heavy atom. The van der Waals surface area contributed by atoms with Crippen molar-refractivity contribution >= 4 is 45.5 Å². The van der Waals surface area contributed by atoms with Crippen LogP contribution < -0.4 is 11.1 Å². The van der Waals surface area contributed by atoms with E-state index in [0.29, 0.717) is 17.9 Å². The van der Waals surface area contributed by atoms with Crippen LogP contribution in [0.2, 0.25) is 5.15 Å². The molecule has 110 valence electrons. The van der Waals surface area contributed by atoms with Crippen LogP contribution in [0.1, 0.15) is 22.4 Å². The van der Waals surface area contributed by atoms with Crippen LogP contribution in [-0.2, 0) is 6.54 Å². The van der Waals surface area contributed by atoms with Crippen molar-refractivity contribution in [3.8, 4) is 0 Å². The molecule has 0 amide bonds. The van der Waals surface area contributed by atoms with Crippen molar-refractivity contribution in [2.24, 2.45) is 0 Å². The maximum atomic E-state index is 7.39. The minimum absolute atomic E-state index is 0.0582. The molecule has 0 radical (unpaired) electrons. The summed E-state index contributed by atoms with van der Waals surface area (Å²) in [4.78, 5) is 12.3. The van der Waals surface area contributed by atoms with Crippen molar-refractivity contribution < 1.29 is 0 Å². The van der Waals surface area contributed by atoms with Crippen LogP contribution in [0.5, 0.6) is 0 Å². The highest BCUT2D eigenvalue weighted by atomic mass is 79.9. The highest BCUT2D eigenvalue weighted by Crippen LogP contribution is 2.24. The van der Waals surface area contributed by atoms with Crippen LogP contribution in [0.25, 0.3) is 0 Å². The second kappa shape index (κ2) is 6.36. The van der Waals surface area contributed by atoms with Gasteiger partial charge in [-0.3, -0.25) is 4.98 Å². The maximum absolute atomic E-state index is 7.39. The smallest absolute Gasteiger partial charge is 0.223 e. The third-order valence-corrected chi connectivity index (χ3v) is 4.51. The zero-order chi connectivity index (χ0) is 15.6. The van der Waals surface area contributed by atoms with Gasteiger partial charge in [-0.05, 0) is 25.0 Å². The number of aryl methyl sites for hydroxylation is 1. The molecule has 0 aliphatic carbocycles. The highest BCUT2D eigenvalue weighted by molar-refractivity contribution is 9.10. The van der Waals surface area contributed by atoms with E-state index in [1.54, 1.807) is 6.20 Å². The number of aromatic nitrogens is 3. The Labute approximate surface area is 135 Å². The second-order valence-electron chi connectivity index (χ2n) is 4.46. The number of anilines is 2. The van der Waals surface area contributed by atoms with Crippen molar-refractivity contribution in [3.63, 3.8) is 0 Å². The van der Waals surface area contributed by atoms with Gasteiger partial charge >= 0.3 is 0 Å². The molecule has 2 heterocycles. The van der Waals surface area contributed by atoms with E-state index in [2.05, 4.69) is 36.2 Å². The average molecular weight is 370 g/mol. The van der Waals surface area contributed by atoms with E-state index in [4.69, 9.17) is 22.7 Å². The first-order valence-electron chi connectivity index (χ1n) is 6.12. The minimum Gasteiger partial charge on any atom is -0.368 e. The van der Waals surface area contributed by atoms with Crippen LogP contribution in [0, 0.1) is 19.3 Å². The lowest BCUT2D eigenvalue weighted by Gasteiger charge is -2.12. The van der Waals surface area contributed by atoms with Crippen LogP contribution in [0.4, 0.5) is 11.8 Å². The third-order valence-electron chi connectivity index (χ3n) is 3.01. The summed E-state index contributed by atoms with van der Waals surface area (Å²) in [6, 6.07) is 0. The molecule has 0 fully saturated rings. The maximum Gasteiger partial charge on any atom is 0.223 e. The molecule has 0 aliphatic heterocycles. The van der Waals surface area contributed by atoms with E-state index in [-0.39, 0.29) is 11.1 Å². The lowest BCUT2D eigenvalue weighted by atomic mass is 10.1. The summed E-state index contributed by atoms with van der Waals surface area (Å²) < 4.78 is 1.03. The van der Waals surface area contributed by atoms with E-state index in [1.165, 1.54) is 0 Å². The van der Waals surface area contributed by atoms with Crippen molar-refractivity contribution in [2.45, 2.75) is 20.4 Å². The fourth-order valence-corrected chi connectivity index (χ4v) is 2.38. The molecule has 0 aromatic carbocycles. The van der Waals surface area contributed by atoms with Gasteiger partial charge in [-0.1, -0.05) is 27.5 Å². The monoisotopic (exact) mass is 368 g/mol. The lowest BCUT2D eigenvalue weighted by molar-refractivity contribution is 0.986. The number of hydrogen-bond donors (Lipinski definition) is 3. The molecule has 2 aromatic rings. The van der Waals surface area contributed by atoms with E-state index >= 15 is 0 Å². The van der Waals surface area contributed by atoms with Crippen LogP contribution >= 0.6 is 27.5 Å². The molecule has 21 heavy (non-hydrogen) atoms. The van der Waals surface area contributed by atoms with Gasteiger partial charge in [0.1, 0.15) is 11.0 Å².